The second-order valence-corrected chi connectivity index (χ2v) is 7.90. The number of hydrogen-bond acceptors (Lipinski definition) is 3. The van der Waals surface area contributed by atoms with E-state index < -0.39 is 0 Å². The number of unbranched alkanes of at least 4 members (excludes halogenated alkanes) is 1. The van der Waals surface area contributed by atoms with Crippen molar-refractivity contribution in [1.82, 2.24) is 9.80 Å². The van der Waals surface area contributed by atoms with E-state index in [1.165, 1.54) is 25.7 Å². The van der Waals surface area contributed by atoms with Crippen LogP contribution in [0.3, 0.4) is 0 Å². The SMILES string of the molecule is CCC/C=C/CN1CC[C@@]2(CCCN(C(=O)c3cc(C)oc3C)C2)C1. The minimum Gasteiger partial charge on any atom is -0.466 e. The number of rotatable bonds is 5. The molecule has 1 spiro atoms. The Kier molecular flexibility index (Phi) is 5.67. The van der Waals surface area contributed by atoms with Crippen LogP contribution in [-0.2, 0) is 0 Å². The number of hydrogen-bond donors (Lipinski definition) is 0. The zero-order valence-electron chi connectivity index (χ0n) is 16.0. The van der Waals surface area contributed by atoms with E-state index in [-0.39, 0.29) is 5.91 Å². The standard InChI is InChI=1S/C21H32N2O2/c1-4-5-6-7-11-22-13-10-21(15-22)9-8-12-23(16-21)20(24)19-14-17(2)25-18(19)3/h6-7,14H,4-5,8-13,15-16H2,1-3H3/b7-6+/t21-/m0/s1. The predicted octanol–water partition coefficient (Wildman–Crippen LogP) is 4.18. The highest BCUT2D eigenvalue weighted by Gasteiger charge is 2.42. The van der Waals surface area contributed by atoms with Crippen molar-refractivity contribution in [3.05, 3.63) is 35.3 Å². The van der Waals surface area contributed by atoms with Crippen molar-refractivity contribution in [2.45, 2.75) is 52.9 Å². The number of nitrogens with zero attached hydrogens (tertiary/aromatic N) is 2. The highest BCUT2D eigenvalue weighted by atomic mass is 16.3. The number of likely N-dealkylation sites (tertiary alicyclic amines) is 2. The molecule has 138 valence electrons. The fourth-order valence-corrected chi connectivity index (χ4v) is 4.42. The number of aryl methyl sites for hydroxylation is 2. The normalized spacial score (nSPS) is 24.7. The van der Waals surface area contributed by atoms with Gasteiger partial charge in [0.2, 0.25) is 0 Å². The molecule has 0 bridgehead atoms. The molecule has 0 unspecified atom stereocenters. The summed E-state index contributed by atoms with van der Waals surface area (Å²) in [6, 6.07) is 1.89. The lowest BCUT2D eigenvalue weighted by Gasteiger charge is -2.40. The fourth-order valence-electron chi connectivity index (χ4n) is 4.42. The summed E-state index contributed by atoms with van der Waals surface area (Å²) in [5.74, 6) is 1.71. The summed E-state index contributed by atoms with van der Waals surface area (Å²) in [6.45, 7) is 11.1. The average Bonchev–Trinajstić information content (AvgIpc) is 3.14. The van der Waals surface area contributed by atoms with E-state index in [1.807, 2.05) is 19.9 Å². The minimum absolute atomic E-state index is 0.148. The van der Waals surface area contributed by atoms with Gasteiger partial charge in [-0.15, -0.1) is 0 Å². The van der Waals surface area contributed by atoms with E-state index in [0.29, 0.717) is 5.41 Å². The van der Waals surface area contributed by atoms with Gasteiger partial charge in [0, 0.05) is 31.6 Å². The molecule has 1 aromatic rings. The Morgan fingerprint density at radius 2 is 2.08 bits per heavy atom. The second-order valence-electron chi connectivity index (χ2n) is 7.90. The van der Waals surface area contributed by atoms with E-state index in [0.717, 1.165) is 56.2 Å². The van der Waals surface area contributed by atoms with Crippen molar-refractivity contribution in [2.24, 2.45) is 5.41 Å². The quantitative estimate of drug-likeness (QED) is 0.752. The van der Waals surface area contributed by atoms with Crippen LogP contribution in [0.4, 0.5) is 0 Å². The van der Waals surface area contributed by atoms with E-state index in [4.69, 9.17) is 4.42 Å². The smallest absolute Gasteiger partial charge is 0.257 e. The van der Waals surface area contributed by atoms with Crippen LogP contribution in [-0.4, -0.2) is 48.4 Å². The van der Waals surface area contributed by atoms with E-state index in [9.17, 15) is 4.79 Å². The molecule has 0 aliphatic carbocycles. The molecule has 1 aromatic heterocycles. The first-order valence-electron chi connectivity index (χ1n) is 9.77. The molecule has 2 fully saturated rings. The number of piperidine rings is 1. The third-order valence-electron chi connectivity index (χ3n) is 5.72. The van der Waals surface area contributed by atoms with Crippen molar-refractivity contribution in [1.29, 1.82) is 0 Å². The van der Waals surface area contributed by atoms with Gasteiger partial charge in [0.05, 0.1) is 5.56 Å². The first-order valence-corrected chi connectivity index (χ1v) is 9.77. The molecule has 3 rings (SSSR count). The second kappa shape index (κ2) is 7.77. The molecular formula is C21H32N2O2. The van der Waals surface area contributed by atoms with Gasteiger partial charge in [0.15, 0.2) is 0 Å². The van der Waals surface area contributed by atoms with Crippen LogP contribution in [0.15, 0.2) is 22.6 Å². The lowest BCUT2D eigenvalue weighted by atomic mass is 9.79. The molecule has 0 radical (unpaired) electrons. The largest absolute Gasteiger partial charge is 0.466 e. The molecule has 1 atom stereocenters. The summed E-state index contributed by atoms with van der Waals surface area (Å²) >= 11 is 0. The van der Waals surface area contributed by atoms with Gasteiger partial charge in [0.25, 0.3) is 5.91 Å². The average molecular weight is 344 g/mol. The number of carbonyl (C=O) groups excluding carboxylic acids is 1. The molecule has 2 saturated heterocycles. The maximum absolute atomic E-state index is 12.9. The third-order valence-corrected chi connectivity index (χ3v) is 5.72. The van der Waals surface area contributed by atoms with Gasteiger partial charge in [-0.2, -0.15) is 0 Å². The lowest BCUT2D eigenvalue weighted by molar-refractivity contribution is 0.0530. The summed E-state index contributed by atoms with van der Waals surface area (Å²) in [5, 5.41) is 0. The first kappa shape index (κ1) is 18.2. The number of allylic oxidation sites excluding steroid dienone is 1. The maximum atomic E-state index is 12.9. The van der Waals surface area contributed by atoms with Crippen LogP contribution < -0.4 is 0 Å². The van der Waals surface area contributed by atoms with Gasteiger partial charge in [-0.1, -0.05) is 25.5 Å². The van der Waals surface area contributed by atoms with Gasteiger partial charge in [0.1, 0.15) is 11.5 Å². The Morgan fingerprint density at radius 1 is 1.24 bits per heavy atom. The van der Waals surface area contributed by atoms with Gasteiger partial charge in [-0.25, -0.2) is 0 Å². The Hall–Kier alpha value is -1.55. The predicted molar refractivity (Wildman–Crippen MR) is 101 cm³/mol. The van der Waals surface area contributed by atoms with Crippen molar-refractivity contribution in [2.75, 3.05) is 32.7 Å². The van der Waals surface area contributed by atoms with Crippen LogP contribution in [0.1, 0.15) is 60.9 Å². The van der Waals surface area contributed by atoms with Crippen LogP contribution in [0.2, 0.25) is 0 Å². The van der Waals surface area contributed by atoms with E-state index in [1.54, 1.807) is 0 Å². The highest BCUT2D eigenvalue weighted by Crippen LogP contribution is 2.39. The Balaban J connectivity index is 1.61. The van der Waals surface area contributed by atoms with Crippen molar-refractivity contribution >= 4 is 5.91 Å². The summed E-state index contributed by atoms with van der Waals surface area (Å²) < 4.78 is 5.56. The minimum atomic E-state index is 0.148. The number of furan rings is 1. The first-order chi connectivity index (χ1) is 12.0. The summed E-state index contributed by atoms with van der Waals surface area (Å²) in [6.07, 6.45) is 10.6. The molecule has 2 aliphatic heterocycles. The van der Waals surface area contributed by atoms with Crippen LogP contribution in [0, 0.1) is 19.3 Å². The summed E-state index contributed by atoms with van der Waals surface area (Å²) in [4.78, 5) is 17.6. The van der Waals surface area contributed by atoms with Crippen molar-refractivity contribution in [3.8, 4) is 0 Å². The monoisotopic (exact) mass is 344 g/mol. The summed E-state index contributed by atoms with van der Waals surface area (Å²) in [5.41, 5.74) is 1.03. The molecule has 0 aromatic carbocycles. The zero-order chi connectivity index (χ0) is 17.9. The molecule has 0 saturated carbocycles. The molecule has 2 aliphatic rings. The highest BCUT2D eigenvalue weighted by molar-refractivity contribution is 5.95. The van der Waals surface area contributed by atoms with Crippen LogP contribution in [0.5, 0.6) is 0 Å². The fraction of sp³-hybridized carbons (Fsp3) is 0.667. The van der Waals surface area contributed by atoms with Crippen molar-refractivity contribution < 1.29 is 9.21 Å². The van der Waals surface area contributed by atoms with Gasteiger partial charge >= 0.3 is 0 Å². The van der Waals surface area contributed by atoms with Gasteiger partial charge < -0.3 is 9.32 Å². The summed E-state index contributed by atoms with van der Waals surface area (Å²) in [7, 11) is 0. The number of carbonyl (C=O) groups is 1. The van der Waals surface area contributed by atoms with Crippen LogP contribution >= 0.6 is 0 Å². The Morgan fingerprint density at radius 3 is 2.80 bits per heavy atom. The maximum Gasteiger partial charge on any atom is 0.257 e. The molecule has 0 N–H and O–H groups in total. The Bertz CT molecular complexity index is 634. The number of amides is 1. The van der Waals surface area contributed by atoms with Gasteiger partial charge in [-0.3, -0.25) is 9.69 Å². The molecule has 4 nitrogen and oxygen atoms in total. The van der Waals surface area contributed by atoms with Crippen molar-refractivity contribution in [3.63, 3.8) is 0 Å². The topological polar surface area (TPSA) is 36.7 Å². The molecule has 25 heavy (non-hydrogen) atoms. The van der Waals surface area contributed by atoms with Crippen LogP contribution in [0.25, 0.3) is 0 Å². The van der Waals surface area contributed by atoms with Gasteiger partial charge in [-0.05, 0) is 52.1 Å². The third kappa shape index (κ3) is 4.17. The molecular weight excluding hydrogens is 312 g/mol. The zero-order valence-corrected chi connectivity index (χ0v) is 16.0. The molecule has 4 heteroatoms. The van der Waals surface area contributed by atoms with E-state index in [2.05, 4.69) is 28.9 Å². The molecule has 3 heterocycles. The molecule has 1 amide bonds. The van der Waals surface area contributed by atoms with E-state index >= 15 is 0 Å². The Labute approximate surface area is 151 Å². The lowest BCUT2D eigenvalue weighted by Crippen LogP contribution is -2.47.